The lowest BCUT2D eigenvalue weighted by Crippen LogP contribution is -2.41. The number of nitrogens with one attached hydrogen (secondary N) is 2. The number of aliphatic hydroxyl groups excluding tert-OH is 3. The predicted octanol–water partition coefficient (Wildman–Crippen LogP) is 1.82. The van der Waals surface area contributed by atoms with Gasteiger partial charge in [-0.25, -0.2) is 35.1 Å². The third kappa shape index (κ3) is 15.7. The average Bonchev–Trinajstić information content (AvgIpc) is 3.78. The fourth-order valence-corrected chi connectivity index (χ4v) is 10.3. The minimum atomic E-state index is -4.21. The van der Waals surface area contributed by atoms with Crippen LogP contribution in [0.5, 0.6) is 0 Å². The molecule has 0 radical (unpaired) electrons. The van der Waals surface area contributed by atoms with Crippen molar-refractivity contribution in [2.24, 2.45) is 23.5 Å². The minimum absolute atomic E-state index is 0.0575. The zero-order valence-corrected chi connectivity index (χ0v) is 36.5. The van der Waals surface area contributed by atoms with E-state index < -0.39 is 60.8 Å². The summed E-state index contributed by atoms with van der Waals surface area (Å²) in [6.45, 7) is 16.3. The molecule has 6 unspecified atom stereocenters. The molecular weight excluding hydrogens is 809 g/mol. The van der Waals surface area contributed by atoms with Gasteiger partial charge in [0.2, 0.25) is 26.0 Å². The van der Waals surface area contributed by atoms with E-state index >= 15 is 0 Å². The van der Waals surface area contributed by atoms with E-state index in [0.29, 0.717) is 61.6 Å². The maximum absolute atomic E-state index is 13.6. The number of sulfonamides is 2. The van der Waals surface area contributed by atoms with Crippen molar-refractivity contribution >= 4 is 26.0 Å². The van der Waals surface area contributed by atoms with Crippen LogP contribution in [0.15, 0.2) is 52.3 Å². The van der Waals surface area contributed by atoms with Gasteiger partial charge >= 0.3 is 0 Å². The Labute approximate surface area is 348 Å². The smallest absolute Gasteiger partial charge is 0.247 e. The van der Waals surface area contributed by atoms with Crippen molar-refractivity contribution in [2.75, 3.05) is 52.4 Å². The largest absolute Gasteiger partial charge is 0.390 e. The first kappa shape index (κ1) is 50.2. The Morgan fingerprint density at radius 1 is 0.746 bits per heavy atom. The molecule has 0 saturated carbocycles. The van der Waals surface area contributed by atoms with Gasteiger partial charge in [-0.2, -0.15) is 5.26 Å². The van der Waals surface area contributed by atoms with E-state index in [4.69, 9.17) is 11.0 Å². The quantitative estimate of drug-likeness (QED) is 0.151. The standard InChI is InChI=1S/C16H23N3O3S.C15H22F2N2O3S.C9H18N2O2/c1-12-7-13(2)19(10-12)11-15(20)9-18-23(21,22)16-6-4-3-5-14(16)8-17;1-10-5-11(2)19(8-10)9-13(20)7-18-23(21,22)15-6-12(16)3-4-14(15)17;1-6-3-7(2)11(4-6)5-8(12)9(10)13/h3-6,12-13,15,18,20H,7,9-11H2,1-2H3;3-4,6,10-11,13,18,20H,5,7-9H2,1-2H3;6-8,12H,3-5H2,1-2H3,(H2,10,13)/t12?,13?,15-;10?,11?,13-;6?,7?,8-/m001/s1. The van der Waals surface area contributed by atoms with Gasteiger partial charge in [0.15, 0.2) is 0 Å². The number of nitriles is 1. The van der Waals surface area contributed by atoms with Gasteiger partial charge in [0.25, 0.3) is 0 Å². The fourth-order valence-electron chi connectivity index (χ4n) is 7.95. The van der Waals surface area contributed by atoms with Gasteiger partial charge in [-0.05, 0) is 88.1 Å². The van der Waals surface area contributed by atoms with E-state index in [1.807, 2.05) is 6.07 Å². The highest BCUT2D eigenvalue weighted by Gasteiger charge is 2.31. The molecule has 332 valence electrons. The number of primary amides is 1. The van der Waals surface area contributed by atoms with Crippen molar-refractivity contribution in [1.82, 2.24) is 24.1 Å². The number of hydrogen-bond donors (Lipinski definition) is 6. The normalized spacial score (nSPS) is 25.6. The first-order valence-electron chi connectivity index (χ1n) is 20.0. The van der Waals surface area contributed by atoms with Crippen LogP contribution in [0.4, 0.5) is 8.78 Å². The van der Waals surface area contributed by atoms with E-state index in [-0.39, 0.29) is 23.5 Å². The maximum Gasteiger partial charge on any atom is 0.247 e. The number of carbonyl (C=O) groups is 1. The van der Waals surface area contributed by atoms with Crippen molar-refractivity contribution in [2.45, 2.75) is 107 Å². The van der Waals surface area contributed by atoms with Crippen LogP contribution >= 0.6 is 0 Å². The summed E-state index contributed by atoms with van der Waals surface area (Å²) in [6, 6.07) is 11.3. The van der Waals surface area contributed by atoms with Crippen molar-refractivity contribution in [3.63, 3.8) is 0 Å². The van der Waals surface area contributed by atoms with E-state index in [0.717, 1.165) is 51.0 Å². The summed E-state index contributed by atoms with van der Waals surface area (Å²) in [7, 11) is -8.02. The van der Waals surface area contributed by atoms with Gasteiger partial charge in [-0.1, -0.05) is 32.9 Å². The fraction of sp³-hybridized carbons (Fsp3) is 0.650. The number of likely N-dealkylation sites (tertiary alicyclic amines) is 3. The maximum atomic E-state index is 13.6. The molecule has 2 aromatic rings. The van der Waals surface area contributed by atoms with Gasteiger partial charge < -0.3 is 21.1 Å². The monoisotopic (exact) mass is 871 g/mol. The topological polar surface area (TPSA) is 230 Å². The number of carbonyl (C=O) groups excluding carboxylic acids is 1. The van der Waals surface area contributed by atoms with Crippen LogP contribution in [0, 0.1) is 40.7 Å². The molecule has 0 spiro atoms. The summed E-state index contributed by atoms with van der Waals surface area (Å²) < 4.78 is 79.8. The number of aliphatic hydroxyl groups is 3. The lowest BCUT2D eigenvalue weighted by atomic mass is 10.1. The second-order valence-electron chi connectivity index (χ2n) is 16.5. The van der Waals surface area contributed by atoms with Crippen molar-refractivity contribution in [1.29, 1.82) is 5.26 Å². The van der Waals surface area contributed by atoms with Gasteiger partial charge in [0.1, 0.15) is 28.7 Å². The van der Waals surface area contributed by atoms with E-state index in [9.17, 15) is 45.7 Å². The van der Waals surface area contributed by atoms with Crippen molar-refractivity contribution in [3.8, 4) is 6.07 Å². The van der Waals surface area contributed by atoms with Crippen LogP contribution < -0.4 is 15.2 Å². The number of nitrogens with two attached hydrogens (primary N) is 1. The third-order valence-corrected chi connectivity index (χ3v) is 13.8. The summed E-state index contributed by atoms with van der Waals surface area (Å²) in [5.41, 5.74) is 5.07. The number of β-amino-alcohol motifs (C(OH)–C–C–N with tert-alkyl or cyclic N) is 3. The molecule has 5 rings (SSSR count). The highest BCUT2D eigenvalue weighted by atomic mass is 32.2. The van der Waals surface area contributed by atoms with Crippen LogP contribution in [0.1, 0.15) is 66.4 Å². The molecule has 3 aliphatic heterocycles. The Balaban J connectivity index is 0.000000246. The molecule has 3 saturated heterocycles. The predicted molar refractivity (Wildman–Crippen MR) is 220 cm³/mol. The molecule has 2 aromatic carbocycles. The molecular formula is C40H63F2N7O8S2. The van der Waals surface area contributed by atoms with E-state index in [1.165, 1.54) is 12.1 Å². The van der Waals surface area contributed by atoms with Crippen LogP contribution in [0.2, 0.25) is 0 Å². The number of halogens is 2. The second kappa shape index (κ2) is 22.6. The molecule has 59 heavy (non-hydrogen) atoms. The van der Waals surface area contributed by atoms with E-state index in [2.05, 4.69) is 65.7 Å². The Kier molecular flexibility index (Phi) is 19.2. The van der Waals surface area contributed by atoms with Gasteiger partial charge in [-0.15, -0.1) is 0 Å². The molecule has 9 atom stereocenters. The molecule has 19 heteroatoms. The summed E-state index contributed by atoms with van der Waals surface area (Å²) in [4.78, 5) is 16.2. The molecule has 0 aromatic heterocycles. The lowest BCUT2D eigenvalue weighted by Gasteiger charge is -2.24. The van der Waals surface area contributed by atoms with Gasteiger partial charge in [0, 0.05) is 70.5 Å². The number of benzene rings is 2. The number of nitrogens with zero attached hydrogens (tertiary/aromatic N) is 4. The molecule has 0 bridgehead atoms. The zero-order chi connectivity index (χ0) is 44.2. The molecule has 3 fully saturated rings. The third-order valence-electron chi connectivity index (χ3n) is 10.9. The Hall–Kier alpha value is -3.16. The molecule has 7 N–H and O–H groups in total. The SMILES string of the molecule is CC1CC(C)N(C[C@@H](O)C(N)=O)C1.CC1CC(C)N(C[C@@H](O)CNS(=O)(=O)c2cc(F)ccc2F)C1.CC1CC(C)N(C[C@@H](O)CNS(=O)(=O)c2ccccc2C#N)C1. The molecule has 15 nitrogen and oxygen atoms in total. The Morgan fingerprint density at radius 2 is 1.17 bits per heavy atom. The second-order valence-corrected chi connectivity index (χ2v) is 20.0. The minimum Gasteiger partial charge on any atom is -0.390 e. The molecule has 0 aliphatic carbocycles. The van der Waals surface area contributed by atoms with Crippen LogP contribution in [-0.2, 0) is 24.8 Å². The summed E-state index contributed by atoms with van der Waals surface area (Å²) in [5, 5.41) is 38.4. The van der Waals surface area contributed by atoms with Gasteiger partial charge in [0.05, 0.1) is 22.7 Å². The Morgan fingerprint density at radius 3 is 1.58 bits per heavy atom. The summed E-state index contributed by atoms with van der Waals surface area (Å²) in [6.07, 6.45) is 0.528. The first-order valence-corrected chi connectivity index (χ1v) is 23.0. The first-order chi connectivity index (χ1) is 27.5. The van der Waals surface area contributed by atoms with Crippen LogP contribution in [0.25, 0.3) is 0 Å². The number of hydrogen-bond acceptors (Lipinski definition) is 12. The van der Waals surface area contributed by atoms with Crippen LogP contribution in [-0.4, -0.2) is 142 Å². The molecule has 1 amide bonds. The number of rotatable bonds is 15. The number of amides is 1. The summed E-state index contributed by atoms with van der Waals surface area (Å²) >= 11 is 0. The highest BCUT2D eigenvalue weighted by molar-refractivity contribution is 7.89. The van der Waals surface area contributed by atoms with E-state index in [1.54, 1.807) is 12.1 Å². The molecule has 3 aliphatic rings. The van der Waals surface area contributed by atoms with Crippen molar-refractivity contribution < 1.29 is 45.7 Å². The molecule has 3 heterocycles. The van der Waals surface area contributed by atoms with Crippen LogP contribution in [0.3, 0.4) is 0 Å². The average molecular weight is 872 g/mol. The van der Waals surface area contributed by atoms with Gasteiger partial charge in [-0.3, -0.25) is 19.5 Å². The van der Waals surface area contributed by atoms with Crippen molar-refractivity contribution in [3.05, 3.63) is 59.7 Å². The zero-order valence-electron chi connectivity index (χ0n) is 34.8. The Bertz CT molecular complexity index is 1940. The summed E-state index contributed by atoms with van der Waals surface area (Å²) in [5.74, 6) is -0.726. The highest BCUT2D eigenvalue weighted by Crippen LogP contribution is 2.24. The lowest BCUT2D eigenvalue weighted by molar-refractivity contribution is -0.127.